The molecule has 1 atom stereocenters. The number of thiazole rings is 1. The van der Waals surface area contributed by atoms with Gasteiger partial charge < -0.3 is 11.1 Å². The highest BCUT2D eigenvalue weighted by molar-refractivity contribution is 7.14. The first-order valence-electron chi connectivity index (χ1n) is 7.69. The molecule has 0 saturated heterocycles. The molecule has 2 aromatic rings. The summed E-state index contributed by atoms with van der Waals surface area (Å²) in [4.78, 5) is 15.7. The van der Waals surface area contributed by atoms with Crippen LogP contribution in [0.5, 0.6) is 0 Å². The van der Waals surface area contributed by atoms with Crippen LogP contribution in [-0.4, -0.2) is 10.9 Å². The van der Waals surface area contributed by atoms with Crippen LogP contribution in [-0.2, 0) is 4.79 Å². The number of allylic oxidation sites excluding steroid dienone is 1. The van der Waals surface area contributed by atoms with E-state index >= 15 is 0 Å². The van der Waals surface area contributed by atoms with Gasteiger partial charge in [-0.15, -0.1) is 11.3 Å². The molecule has 1 heterocycles. The second kappa shape index (κ2) is 7.75. The molecule has 0 spiro atoms. The van der Waals surface area contributed by atoms with Gasteiger partial charge in [0.2, 0.25) is 0 Å². The SMILES string of the molecule is CCC(C)c1ccc(-c2csc(N/C(C)=C(/C#N)C(N)=O)n2)cc1. The minimum atomic E-state index is -0.750. The predicted molar refractivity (Wildman–Crippen MR) is 97.4 cm³/mol. The van der Waals surface area contributed by atoms with Gasteiger partial charge in [0.25, 0.3) is 5.91 Å². The Bertz CT molecular complexity index is 799. The quantitative estimate of drug-likeness (QED) is 0.613. The Kier molecular flexibility index (Phi) is 5.72. The molecule has 0 aliphatic carbocycles. The second-order valence-corrected chi connectivity index (χ2v) is 6.43. The lowest BCUT2D eigenvalue weighted by Crippen LogP contribution is -2.16. The van der Waals surface area contributed by atoms with E-state index in [4.69, 9.17) is 11.0 Å². The maximum atomic E-state index is 11.2. The molecule has 0 radical (unpaired) electrons. The van der Waals surface area contributed by atoms with Crippen molar-refractivity contribution >= 4 is 22.4 Å². The Labute approximate surface area is 145 Å². The average Bonchev–Trinajstić information content (AvgIpc) is 3.03. The Morgan fingerprint density at radius 3 is 2.62 bits per heavy atom. The molecule has 0 saturated carbocycles. The summed E-state index contributed by atoms with van der Waals surface area (Å²) in [5.74, 6) is -0.211. The number of benzene rings is 1. The van der Waals surface area contributed by atoms with E-state index in [-0.39, 0.29) is 5.57 Å². The monoisotopic (exact) mass is 340 g/mol. The Hall–Kier alpha value is -2.65. The Morgan fingerprint density at radius 1 is 1.42 bits per heavy atom. The molecule has 0 aliphatic heterocycles. The van der Waals surface area contributed by atoms with Crippen LogP contribution in [0.4, 0.5) is 5.13 Å². The minimum Gasteiger partial charge on any atom is -0.365 e. The van der Waals surface area contributed by atoms with Crippen molar-refractivity contribution in [3.05, 3.63) is 46.5 Å². The van der Waals surface area contributed by atoms with Crippen molar-refractivity contribution in [3.8, 4) is 17.3 Å². The van der Waals surface area contributed by atoms with Gasteiger partial charge in [-0.1, -0.05) is 38.1 Å². The molecule has 5 nitrogen and oxygen atoms in total. The summed E-state index contributed by atoms with van der Waals surface area (Å²) in [6.45, 7) is 6.01. The number of nitriles is 1. The van der Waals surface area contributed by atoms with Crippen LogP contribution in [0.3, 0.4) is 0 Å². The summed E-state index contributed by atoms with van der Waals surface area (Å²) in [5.41, 5.74) is 8.67. The van der Waals surface area contributed by atoms with Crippen molar-refractivity contribution in [2.24, 2.45) is 5.73 Å². The van der Waals surface area contributed by atoms with Gasteiger partial charge >= 0.3 is 0 Å². The second-order valence-electron chi connectivity index (χ2n) is 5.57. The molecule has 24 heavy (non-hydrogen) atoms. The fraction of sp³-hybridized carbons (Fsp3) is 0.278. The highest BCUT2D eigenvalue weighted by atomic mass is 32.1. The molecule has 1 aromatic carbocycles. The molecular formula is C18H20N4OS. The van der Waals surface area contributed by atoms with Crippen molar-refractivity contribution in [1.29, 1.82) is 5.26 Å². The molecule has 6 heteroatoms. The molecule has 1 unspecified atom stereocenters. The number of carbonyl (C=O) groups excluding carboxylic acids is 1. The lowest BCUT2D eigenvalue weighted by atomic mass is 9.97. The fourth-order valence-corrected chi connectivity index (χ4v) is 3.00. The van der Waals surface area contributed by atoms with E-state index in [9.17, 15) is 4.79 Å². The number of amides is 1. The highest BCUT2D eigenvalue weighted by Crippen LogP contribution is 2.28. The molecule has 1 amide bonds. The highest BCUT2D eigenvalue weighted by Gasteiger charge is 2.11. The number of nitrogens with zero attached hydrogens (tertiary/aromatic N) is 2. The average molecular weight is 340 g/mol. The smallest absolute Gasteiger partial charge is 0.261 e. The number of primary amides is 1. The standard InChI is InChI=1S/C18H20N4OS/c1-4-11(2)13-5-7-14(8-6-13)16-10-24-18(22-16)21-12(3)15(9-19)17(20)23/h5-8,10-11H,4H2,1-3H3,(H2,20,23)(H,21,22)/b15-12-. The summed E-state index contributed by atoms with van der Waals surface area (Å²) in [7, 11) is 0. The summed E-state index contributed by atoms with van der Waals surface area (Å²) in [6.07, 6.45) is 1.11. The van der Waals surface area contributed by atoms with Gasteiger partial charge in [0.1, 0.15) is 11.6 Å². The van der Waals surface area contributed by atoms with Crippen LogP contribution in [0, 0.1) is 11.3 Å². The van der Waals surface area contributed by atoms with Crippen LogP contribution >= 0.6 is 11.3 Å². The first-order chi connectivity index (χ1) is 11.5. The lowest BCUT2D eigenvalue weighted by molar-refractivity contribution is -0.114. The number of carbonyl (C=O) groups is 1. The van der Waals surface area contributed by atoms with Crippen molar-refractivity contribution in [3.63, 3.8) is 0 Å². The zero-order chi connectivity index (χ0) is 17.7. The van der Waals surface area contributed by atoms with Gasteiger partial charge in [0.05, 0.1) is 5.69 Å². The predicted octanol–water partition coefficient (Wildman–Crippen LogP) is 4.02. The molecule has 0 bridgehead atoms. The third kappa shape index (κ3) is 4.00. The van der Waals surface area contributed by atoms with Crippen molar-refractivity contribution in [1.82, 2.24) is 4.98 Å². The Morgan fingerprint density at radius 2 is 2.08 bits per heavy atom. The van der Waals surface area contributed by atoms with Gasteiger partial charge in [-0.05, 0) is 24.8 Å². The number of nitrogens with one attached hydrogen (secondary N) is 1. The number of aromatic nitrogens is 1. The van der Waals surface area contributed by atoms with Crippen LogP contribution < -0.4 is 11.1 Å². The van der Waals surface area contributed by atoms with E-state index in [1.165, 1.54) is 16.9 Å². The zero-order valence-corrected chi connectivity index (χ0v) is 14.8. The normalized spacial score (nSPS) is 12.9. The largest absolute Gasteiger partial charge is 0.365 e. The first-order valence-corrected chi connectivity index (χ1v) is 8.57. The summed E-state index contributed by atoms with van der Waals surface area (Å²) in [5, 5.41) is 14.5. The number of nitrogens with two attached hydrogens (primary N) is 1. The van der Waals surface area contributed by atoms with E-state index < -0.39 is 5.91 Å². The molecule has 0 fully saturated rings. The Balaban J connectivity index is 2.19. The van der Waals surface area contributed by atoms with Crippen molar-refractivity contribution < 1.29 is 4.79 Å². The fourth-order valence-electron chi connectivity index (χ4n) is 2.23. The summed E-state index contributed by atoms with van der Waals surface area (Å²) < 4.78 is 0. The van der Waals surface area contributed by atoms with Gasteiger partial charge in [0.15, 0.2) is 5.13 Å². The zero-order valence-electron chi connectivity index (χ0n) is 14.0. The van der Waals surface area contributed by atoms with Crippen LogP contribution in [0.1, 0.15) is 38.7 Å². The molecule has 3 N–H and O–H groups in total. The van der Waals surface area contributed by atoms with E-state index in [2.05, 4.69) is 48.4 Å². The maximum Gasteiger partial charge on any atom is 0.261 e. The molecule has 2 rings (SSSR count). The first kappa shape index (κ1) is 17.7. The maximum absolute atomic E-state index is 11.2. The van der Waals surface area contributed by atoms with Gasteiger partial charge in [-0.2, -0.15) is 5.26 Å². The van der Waals surface area contributed by atoms with Crippen LogP contribution in [0.15, 0.2) is 40.9 Å². The van der Waals surface area contributed by atoms with E-state index in [0.717, 1.165) is 17.7 Å². The molecular weight excluding hydrogens is 320 g/mol. The van der Waals surface area contributed by atoms with Gasteiger partial charge in [0, 0.05) is 16.6 Å². The molecule has 1 aromatic heterocycles. The van der Waals surface area contributed by atoms with E-state index in [1.807, 2.05) is 5.38 Å². The van der Waals surface area contributed by atoms with Crippen molar-refractivity contribution in [2.45, 2.75) is 33.1 Å². The van der Waals surface area contributed by atoms with Crippen molar-refractivity contribution in [2.75, 3.05) is 5.32 Å². The van der Waals surface area contributed by atoms with Crippen LogP contribution in [0.2, 0.25) is 0 Å². The third-order valence-electron chi connectivity index (χ3n) is 3.92. The van der Waals surface area contributed by atoms with Gasteiger partial charge in [-0.3, -0.25) is 4.79 Å². The van der Waals surface area contributed by atoms with E-state index in [1.54, 1.807) is 13.0 Å². The minimum absolute atomic E-state index is 0.0929. The number of hydrogen-bond donors (Lipinski definition) is 2. The molecule has 124 valence electrons. The van der Waals surface area contributed by atoms with E-state index in [0.29, 0.717) is 16.7 Å². The van der Waals surface area contributed by atoms with Crippen LogP contribution in [0.25, 0.3) is 11.3 Å². The summed E-state index contributed by atoms with van der Waals surface area (Å²) in [6, 6.07) is 10.2. The topological polar surface area (TPSA) is 91.8 Å². The lowest BCUT2D eigenvalue weighted by Gasteiger charge is -2.09. The molecule has 0 aliphatic rings. The number of rotatable bonds is 6. The summed E-state index contributed by atoms with van der Waals surface area (Å²) >= 11 is 1.41. The number of hydrogen-bond acceptors (Lipinski definition) is 5. The third-order valence-corrected chi connectivity index (χ3v) is 4.68. The number of anilines is 1. The van der Waals surface area contributed by atoms with Gasteiger partial charge in [-0.25, -0.2) is 4.98 Å².